The average molecular weight is 403 g/mol. The van der Waals surface area contributed by atoms with Crippen LogP contribution in [-0.4, -0.2) is 32.0 Å². The highest BCUT2D eigenvalue weighted by Crippen LogP contribution is 2.59. The van der Waals surface area contributed by atoms with Gasteiger partial charge >= 0.3 is 15.1 Å². The molecule has 0 aliphatic heterocycles. The lowest BCUT2D eigenvalue weighted by Gasteiger charge is -2.42. The van der Waals surface area contributed by atoms with Crippen molar-refractivity contribution in [2.75, 3.05) is 0 Å². The molecule has 0 unspecified atom stereocenters. The Morgan fingerprint density at radius 1 is 0.429 bits per heavy atom. The van der Waals surface area contributed by atoms with E-state index in [9.17, 15) is 0 Å². The molecule has 3 nitrogen and oxygen atoms in total. The Morgan fingerprint density at radius 3 is 0.750 bits per heavy atom. The minimum Gasteiger partial charge on any atom is -0.449 e. The zero-order valence-electron chi connectivity index (χ0n) is 18.3. The summed E-state index contributed by atoms with van der Waals surface area (Å²) in [7, 11) is 0. The van der Waals surface area contributed by atoms with Crippen molar-refractivity contribution in [2.24, 2.45) is 35.5 Å². The van der Waals surface area contributed by atoms with Crippen LogP contribution in [0, 0.1) is 35.5 Å². The molecule has 6 saturated carbocycles. The summed E-state index contributed by atoms with van der Waals surface area (Å²) in [5.41, 5.74) is 0.0801. The monoisotopic (exact) mass is 402 g/mol. The quantitative estimate of drug-likeness (QED) is 0.389. The predicted molar refractivity (Wildman–Crippen MR) is 111 cm³/mol. The molecular formula is C24H39AlO3. The Balaban J connectivity index is 1.25. The molecule has 156 valence electrons. The minimum absolute atomic E-state index is 0.0267. The molecule has 0 aromatic heterocycles. The topological polar surface area (TPSA) is 27.7 Å². The molecule has 28 heavy (non-hydrogen) atoms. The molecule has 0 heterocycles. The fraction of sp³-hybridized carbons (Fsp3) is 1.00. The van der Waals surface area contributed by atoms with Crippen molar-refractivity contribution >= 4 is 15.1 Å². The van der Waals surface area contributed by atoms with Crippen molar-refractivity contribution in [3.05, 3.63) is 0 Å². The second kappa shape index (κ2) is 6.46. The van der Waals surface area contributed by atoms with Crippen molar-refractivity contribution in [1.29, 1.82) is 0 Å². The van der Waals surface area contributed by atoms with Gasteiger partial charge in [0.15, 0.2) is 0 Å². The number of rotatable bonds is 12. The molecule has 4 heteroatoms. The molecule has 0 saturated heterocycles. The fourth-order valence-electron chi connectivity index (χ4n) is 6.21. The largest absolute Gasteiger partial charge is 0.906 e. The van der Waals surface area contributed by atoms with Gasteiger partial charge in [-0.3, -0.25) is 0 Å². The van der Waals surface area contributed by atoms with Gasteiger partial charge in [0, 0.05) is 16.8 Å². The molecule has 0 bridgehead atoms. The van der Waals surface area contributed by atoms with Crippen LogP contribution in [0.2, 0.25) is 0 Å². The summed E-state index contributed by atoms with van der Waals surface area (Å²) < 4.78 is 21.3. The van der Waals surface area contributed by atoms with Crippen molar-refractivity contribution in [3.8, 4) is 0 Å². The molecule has 6 rings (SSSR count). The van der Waals surface area contributed by atoms with Crippen LogP contribution in [0.15, 0.2) is 0 Å². The summed E-state index contributed by atoms with van der Waals surface area (Å²) in [6.45, 7) is 7.23. The molecule has 0 aromatic rings. The third-order valence-corrected chi connectivity index (χ3v) is 11.5. The van der Waals surface area contributed by atoms with E-state index in [2.05, 4.69) is 20.8 Å². The second-order valence-corrected chi connectivity index (χ2v) is 13.1. The smallest absolute Gasteiger partial charge is 0.449 e. The molecule has 0 spiro atoms. The van der Waals surface area contributed by atoms with Gasteiger partial charge in [0.25, 0.3) is 0 Å². The normalized spacial score (nSPS) is 29.2. The van der Waals surface area contributed by atoms with Crippen molar-refractivity contribution in [3.63, 3.8) is 0 Å². The van der Waals surface area contributed by atoms with E-state index < -0.39 is 15.1 Å². The maximum absolute atomic E-state index is 7.08. The van der Waals surface area contributed by atoms with Gasteiger partial charge in [-0.2, -0.15) is 0 Å². The van der Waals surface area contributed by atoms with Crippen LogP contribution in [-0.2, 0) is 11.4 Å². The summed E-state index contributed by atoms with van der Waals surface area (Å²) in [6.07, 6.45) is 16.2. The first kappa shape index (κ1) is 19.1. The van der Waals surface area contributed by atoms with Gasteiger partial charge in [0.05, 0.1) is 0 Å². The summed E-state index contributed by atoms with van der Waals surface area (Å²) in [6, 6.07) is 0. The van der Waals surface area contributed by atoms with E-state index in [-0.39, 0.29) is 16.8 Å². The van der Waals surface area contributed by atoms with Crippen LogP contribution in [0.4, 0.5) is 0 Å². The van der Waals surface area contributed by atoms with Gasteiger partial charge in [-0.15, -0.1) is 0 Å². The van der Waals surface area contributed by atoms with Gasteiger partial charge in [-0.25, -0.2) is 0 Å². The minimum atomic E-state index is -2.21. The Hall–Kier alpha value is 0.412. The Morgan fingerprint density at radius 2 is 0.607 bits per heavy atom. The van der Waals surface area contributed by atoms with Crippen LogP contribution in [0.3, 0.4) is 0 Å². The Labute approximate surface area is 176 Å². The Bertz CT molecular complexity index is 490. The molecule has 0 aromatic carbocycles. The van der Waals surface area contributed by atoms with Gasteiger partial charge in [-0.05, 0) is 133 Å². The number of hydrogen-bond acceptors (Lipinski definition) is 3. The van der Waals surface area contributed by atoms with E-state index in [1.165, 1.54) is 77.0 Å². The van der Waals surface area contributed by atoms with Gasteiger partial charge in [-0.1, -0.05) is 0 Å². The molecule has 0 atom stereocenters. The lowest BCUT2D eigenvalue weighted by molar-refractivity contribution is -0.111. The molecule has 0 N–H and O–H groups in total. The first-order valence-corrected chi connectivity index (χ1v) is 13.9. The molecule has 0 radical (unpaired) electrons. The molecule has 6 fully saturated rings. The molecule has 6 aliphatic carbocycles. The maximum Gasteiger partial charge on any atom is 0.906 e. The predicted octanol–water partition coefficient (Wildman–Crippen LogP) is 5.76. The lowest BCUT2D eigenvalue weighted by Crippen LogP contribution is -2.53. The van der Waals surface area contributed by atoms with E-state index >= 15 is 0 Å². The highest BCUT2D eigenvalue weighted by Gasteiger charge is 2.63. The third kappa shape index (κ3) is 3.54. The lowest BCUT2D eigenvalue weighted by atomic mass is 9.94. The zero-order valence-corrected chi connectivity index (χ0v) is 19.4. The summed E-state index contributed by atoms with van der Waals surface area (Å²) in [4.78, 5) is 0. The van der Waals surface area contributed by atoms with Crippen molar-refractivity contribution in [1.82, 2.24) is 0 Å². The van der Waals surface area contributed by atoms with Gasteiger partial charge in [0.2, 0.25) is 0 Å². The third-order valence-electron chi connectivity index (χ3n) is 9.38. The Kier molecular flexibility index (Phi) is 4.41. The van der Waals surface area contributed by atoms with Crippen LogP contribution in [0.1, 0.15) is 97.8 Å². The van der Waals surface area contributed by atoms with E-state index in [1.807, 2.05) is 0 Å². The van der Waals surface area contributed by atoms with Gasteiger partial charge < -0.3 is 11.4 Å². The van der Waals surface area contributed by atoms with Gasteiger partial charge in [0.1, 0.15) is 0 Å². The molecular weight excluding hydrogens is 363 g/mol. The summed E-state index contributed by atoms with van der Waals surface area (Å²) >= 11 is -2.21. The van der Waals surface area contributed by atoms with E-state index in [1.54, 1.807) is 0 Å². The standard InChI is InChI=1S/3C8H13O.Al/c3*1-8(9,6-2-3-6)7-4-5-7;/h3*6-7H,2-5H2,1H3;/q3*-1;+3. The van der Waals surface area contributed by atoms with E-state index in [0.717, 1.165) is 35.5 Å². The first-order valence-electron chi connectivity index (χ1n) is 12.5. The van der Waals surface area contributed by atoms with Crippen LogP contribution < -0.4 is 0 Å². The van der Waals surface area contributed by atoms with Crippen molar-refractivity contribution < 1.29 is 11.4 Å². The number of hydrogen-bond donors (Lipinski definition) is 0. The first-order chi connectivity index (χ1) is 13.4. The van der Waals surface area contributed by atoms with Crippen LogP contribution >= 0.6 is 0 Å². The van der Waals surface area contributed by atoms with Crippen molar-refractivity contribution in [2.45, 2.75) is 115 Å². The molecule has 0 amide bonds. The average Bonchev–Trinajstić information content (AvgIpc) is 3.51. The fourth-order valence-corrected chi connectivity index (χ4v) is 8.75. The van der Waals surface area contributed by atoms with Crippen LogP contribution in [0.25, 0.3) is 0 Å². The highest BCUT2D eigenvalue weighted by atomic mass is 27.3. The summed E-state index contributed by atoms with van der Waals surface area (Å²) in [5, 5.41) is 0. The summed E-state index contributed by atoms with van der Waals surface area (Å²) in [5.74, 6) is 4.52. The van der Waals surface area contributed by atoms with E-state index in [4.69, 9.17) is 11.4 Å². The SMILES string of the molecule is CC([O][Al]([O]C(C)(C1CC1)C1CC1)[O]C(C)(C1CC1)C1CC1)(C1CC1)C1CC1. The highest BCUT2D eigenvalue weighted by molar-refractivity contribution is 6.37. The molecule has 6 aliphatic rings. The van der Waals surface area contributed by atoms with E-state index in [0.29, 0.717) is 0 Å². The maximum atomic E-state index is 7.08. The second-order valence-electron chi connectivity index (χ2n) is 11.8. The van der Waals surface area contributed by atoms with Crippen LogP contribution in [0.5, 0.6) is 0 Å². The zero-order chi connectivity index (χ0) is 19.1.